The third-order valence-corrected chi connectivity index (χ3v) is 4.82. The Bertz CT molecular complexity index is 222. The molecule has 0 spiro atoms. The Hall–Kier alpha value is 0.180. The van der Waals surface area contributed by atoms with E-state index in [9.17, 15) is 0 Å². The summed E-state index contributed by atoms with van der Waals surface area (Å²) < 4.78 is 2.47. The maximum Gasteiger partial charge on any atom is 0.0239 e. The predicted octanol–water partition coefficient (Wildman–Crippen LogP) is 4.45. The molecule has 0 saturated carbocycles. The van der Waals surface area contributed by atoms with E-state index in [1.54, 1.807) is 0 Å². The van der Waals surface area contributed by atoms with Crippen molar-refractivity contribution in [3.05, 3.63) is 31.2 Å². The largest absolute Gasteiger partial charge is 0.0502 e. The van der Waals surface area contributed by atoms with Gasteiger partial charge in [-0.3, -0.25) is 0 Å². The Labute approximate surface area is 90.6 Å². The van der Waals surface area contributed by atoms with E-state index in [2.05, 4.69) is 59.6 Å². The van der Waals surface area contributed by atoms with Crippen LogP contribution in [-0.4, -0.2) is 0 Å². The normalized spacial score (nSPS) is 10.5. The van der Waals surface area contributed by atoms with Gasteiger partial charge in [0.15, 0.2) is 0 Å². The zero-order chi connectivity index (χ0) is 9.46. The first-order valence-corrected chi connectivity index (χ1v) is 5.46. The summed E-state index contributed by atoms with van der Waals surface area (Å²) in [6.07, 6.45) is 0. The van der Waals surface area contributed by atoms with Crippen LogP contribution < -0.4 is 0 Å². The number of rotatable bonds is 0. The Morgan fingerprint density at radius 1 is 0.583 bits per heavy atom. The fourth-order valence-corrected chi connectivity index (χ4v) is 2.41. The molecule has 0 atom stereocenters. The molecule has 0 fully saturated rings. The average Bonchev–Trinajstić information content (AvgIpc) is 2.08. The van der Waals surface area contributed by atoms with Crippen molar-refractivity contribution >= 4 is 31.9 Å². The van der Waals surface area contributed by atoms with Gasteiger partial charge in [0.25, 0.3) is 0 Å². The van der Waals surface area contributed by atoms with E-state index in [-0.39, 0.29) is 0 Å². The molecule has 0 nitrogen and oxygen atoms in total. The van der Waals surface area contributed by atoms with Crippen LogP contribution in [0.4, 0.5) is 0 Å². The SMILES string of the molecule is Cc1c(C)c(Br)c(C)c(C)c1Br. The van der Waals surface area contributed by atoms with Gasteiger partial charge in [-0.2, -0.15) is 0 Å². The summed E-state index contributed by atoms with van der Waals surface area (Å²) in [4.78, 5) is 0. The molecule has 0 amide bonds. The molecule has 1 aromatic rings. The summed E-state index contributed by atoms with van der Waals surface area (Å²) in [5.41, 5.74) is 5.30. The second-order valence-corrected chi connectivity index (χ2v) is 4.71. The molecule has 0 radical (unpaired) electrons. The van der Waals surface area contributed by atoms with Gasteiger partial charge in [0, 0.05) is 8.95 Å². The summed E-state index contributed by atoms with van der Waals surface area (Å²) in [6.45, 7) is 8.54. The van der Waals surface area contributed by atoms with Crippen molar-refractivity contribution in [2.75, 3.05) is 0 Å². The van der Waals surface area contributed by atoms with E-state index in [1.807, 2.05) is 0 Å². The van der Waals surface area contributed by atoms with Crippen LogP contribution in [0, 0.1) is 27.7 Å². The molecule has 0 aliphatic carbocycles. The van der Waals surface area contributed by atoms with Crippen LogP contribution in [0.5, 0.6) is 0 Å². The quantitative estimate of drug-likeness (QED) is 0.663. The molecule has 0 aliphatic rings. The molecule has 66 valence electrons. The van der Waals surface area contributed by atoms with Crippen LogP contribution >= 0.6 is 31.9 Å². The molecule has 0 N–H and O–H groups in total. The van der Waals surface area contributed by atoms with E-state index in [0.29, 0.717) is 0 Å². The summed E-state index contributed by atoms with van der Waals surface area (Å²) in [6, 6.07) is 0. The first kappa shape index (κ1) is 10.3. The summed E-state index contributed by atoms with van der Waals surface area (Å²) in [7, 11) is 0. The van der Waals surface area contributed by atoms with Crippen molar-refractivity contribution in [2.24, 2.45) is 0 Å². The molecule has 1 aromatic carbocycles. The fourth-order valence-electron chi connectivity index (χ4n) is 1.22. The minimum Gasteiger partial charge on any atom is -0.0502 e. The zero-order valence-corrected chi connectivity index (χ0v) is 10.9. The average molecular weight is 292 g/mol. The van der Waals surface area contributed by atoms with Crippen LogP contribution in [0.25, 0.3) is 0 Å². The highest BCUT2D eigenvalue weighted by molar-refractivity contribution is 9.11. The number of hydrogen-bond acceptors (Lipinski definition) is 0. The van der Waals surface area contributed by atoms with Crippen LogP contribution in [0.15, 0.2) is 8.95 Å². The molecule has 0 aromatic heterocycles. The first-order chi connectivity index (χ1) is 5.46. The number of hydrogen-bond donors (Lipinski definition) is 0. The van der Waals surface area contributed by atoms with Gasteiger partial charge in [-0.15, -0.1) is 0 Å². The smallest absolute Gasteiger partial charge is 0.0239 e. The molecule has 1 rings (SSSR count). The maximum atomic E-state index is 3.59. The van der Waals surface area contributed by atoms with Crippen LogP contribution in [0.3, 0.4) is 0 Å². The monoisotopic (exact) mass is 290 g/mol. The number of halogens is 2. The van der Waals surface area contributed by atoms with Crippen LogP contribution in [-0.2, 0) is 0 Å². The van der Waals surface area contributed by atoms with Gasteiger partial charge in [0.1, 0.15) is 0 Å². The lowest BCUT2D eigenvalue weighted by Crippen LogP contribution is -1.93. The van der Waals surface area contributed by atoms with E-state index in [0.717, 1.165) is 0 Å². The minimum atomic E-state index is 1.24. The molecule has 0 saturated heterocycles. The summed E-state index contributed by atoms with van der Waals surface area (Å²) in [5.74, 6) is 0. The highest BCUT2D eigenvalue weighted by Crippen LogP contribution is 2.33. The summed E-state index contributed by atoms with van der Waals surface area (Å²) >= 11 is 7.19. The van der Waals surface area contributed by atoms with Gasteiger partial charge in [0.05, 0.1) is 0 Å². The van der Waals surface area contributed by atoms with Crippen LogP contribution in [0.2, 0.25) is 0 Å². The van der Waals surface area contributed by atoms with Gasteiger partial charge in [-0.1, -0.05) is 31.9 Å². The van der Waals surface area contributed by atoms with Crippen molar-refractivity contribution < 1.29 is 0 Å². The molecule has 0 bridgehead atoms. The lowest BCUT2D eigenvalue weighted by molar-refractivity contribution is 1.19. The zero-order valence-electron chi connectivity index (χ0n) is 7.76. The minimum absolute atomic E-state index is 1.24. The van der Waals surface area contributed by atoms with Gasteiger partial charge >= 0.3 is 0 Å². The van der Waals surface area contributed by atoms with E-state index in [1.165, 1.54) is 31.2 Å². The van der Waals surface area contributed by atoms with E-state index < -0.39 is 0 Å². The number of benzene rings is 1. The molecule has 0 aliphatic heterocycles. The van der Waals surface area contributed by atoms with Gasteiger partial charge < -0.3 is 0 Å². The van der Waals surface area contributed by atoms with Crippen molar-refractivity contribution in [3.63, 3.8) is 0 Å². The molecule has 0 heterocycles. The Morgan fingerprint density at radius 3 is 0.917 bits per heavy atom. The molecule has 2 heteroatoms. The Morgan fingerprint density at radius 2 is 0.750 bits per heavy atom. The van der Waals surface area contributed by atoms with Crippen molar-refractivity contribution in [1.29, 1.82) is 0 Å². The molecular formula is C10H12Br2. The predicted molar refractivity (Wildman–Crippen MR) is 60.8 cm³/mol. The third-order valence-electron chi connectivity index (χ3n) is 2.44. The van der Waals surface area contributed by atoms with Crippen molar-refractivity contribution in [3.8, 4) is 0 Å². The Kier molecular flexibility index (Phi) is 3.00. The Balaban J connectivity index is 3.60. The third kappa shape index (κ3) is 1.47. The fraction of sp³-hybridized carbons (Fsp3) is 0.400. The lowest BCUT2D eigenvalue weighted by atomic mass is 10.0. The second kappa shape index (κ2) is 3.51. The lowest BCUT2D eigenvalue weighted by Gasteiger charge is -2.13. The maximum absolute atomic E-state index is 3.59. The van der Waals surface area contributed by atoms with Gasteiger partial charge in [-0.05, 0) is 49.9 Å². The highest BCUT2D eigenvalue weighted by Gasteiger charge is 2.10. The first-order valence-electron chi connectivity index (χ1n) is 3.88. The molecular weight excluding hydrogens is 280 g/mol. The van der Waals surface area contributed by atoms with E-state index in [4.69, 9.17) is 0 Å². The summed E-state index contributed by atoms with van der Waals surface area (Å²) in [5, 5.41) is 0. The van der Waals surface area contributed by atoms with Crippen molar-refractivity contribution in [2.45, 2.75) is 27.7 Å². The van der Waals surface area contributed by atoms with Gasteiger partial charge in [0.2, 0.25) is 0 Å². The second-order valence-electron chi connectivity index (χ2n) is 3.13. The molecule has 0 unspecified atom stereocenters. The molecule has 12 heavy (non-hydrogen) atoms. The van der Waals surface area contributed by atoms with Gasteiger partial charge in [-0.25, -0.2) is 0 Å². The highest BCUT2D eigenvalue weighted by atomic mass is 79.9. The van der Waals surface area contributed by atoms with E-state index >= 15 is 0 Å². The van der Waals surface area contributed by atoms with Crippen LogP contribution in [0.1, 0.15) is 22.3 Å². The topological polar surface area (TPSA) is 0 Å². The van der Waals surface area contributed by atoms with Crippen molar-refractivity contribution in [1.82, 2.24) is 0 Å². The standard InChI is InChI=1S/C10H12Br2/c1-5-6(2)10(12)8(4)7(3)9(5)11/h1-4H3.